The molecule has 1 fully saturated rings. The average molecular weight is 360 g/mol. The summed E-state index contributed by atoms with van der Waals surface area (Å²) in [7, 11) is 0. The molecule has 1 aromatic rings. The third-order valence-electron chi connectivity index (χ3n) is 5.33. The molecular formula is C20H28N2O4. The average Bonchev–Trinajstić information content (AvgIpc) is 2.68. The van der Waals surface area contributed by atoms with Gasteiger partial charge in [0.1, 0.15) is 13.2 Å². The molecule has 26 heavy (non-hydrogen) atoms. The predicted octanol–water partition coefficient (Wildman–Crippen LogP) is 2.49. The topological polar surface area (TPSA) is 59.1 Å². The Bertz CT molecular complexity index is 677. The standard InChI is InChI=1S/C20H28N2O4/c1-4-15(5-2)19(23)21-6-8-22(9-7-21)20(24)16-13-18-17(12-14(16)3)25-10-11-26-18/h12-13,15H,4-11H2,1-3H3. The van der Waals surface area contributed by atoms with Crippen molar-refractivity contribution in [2.75, 3.05) is 39.4 Å². The number of carbonyl (C=O) groups excluding carboxylic acids is 2. The van der Waals surface area contributed by atoms with Crippen LogP contribution in [0.25, 0.3) is 0 Å². The van der Waals surface area contributed by atoms with E-state index in [1.807, 2.05) is 22.8 Å². The van der Waals surface area contributed by atoms with Crippen molar-refractivity contribution < 1.29 is 19.1 Å². The number of aryl methyl sites for hydroxylation is 1. The van der Waals surface area contributed by atoms with Gasteiger partial charge in [0.15, 0.2) is 11.5 Å². The molecule has 2 heterocycles. The van der Waals surface area contributed by atoms with Gasteiger partial charge in [-0.2, -0.15) is 0 Å². The van der Waals surface area contributed by atoms with Crippen LogP contribution in [-0.4, -0.2) is 61.0 Å². The van der Waals surface area contributed by atoms with Crippen molar-refractivity contribution in [2.24, 2.45) is 5.92 Å². The van der Waals surface area contributed by atoms with E-state index in [0.717, 1.165) is 18.4 Å². The summed E-state index contributed by atoms with van der Waals surface area (Å²) in [6, 6.07) is 3.66. The second kappa shape index (κ2) is 7.98. The van der Waals surface area contributed by atoms with E-state index < -0.39 is 0 Å². The van der Waals surface area contributed by atoms with E-state index in [1.165, 1.54) is 0 Å². The molecule has 2 amide bonds. The van der Waals surface area contributed by atoms with Gasteiger partial charge in [-0.15, -0.1) is 0 Å². The number of fused-ring (bicyclic) bond motifs is 1. The van der Waals surface area contributed by atoms with Gasteiger partial charge in [0.05, 0.1) is 0 Å². The minimum Gasteiger partial charge on any atom is -0.486 e. The molecule has 0 radical (unpaired) electrons. The number of piperazine rings is 1. The molecule has 1 aromatic carbocycles. The molecule has 1 saturated heterocycles. The summed E-state index contributed by atoms with van der Waals surface area (Å²) < 4.78 is 11.2. The van der Waals surface area contributed by atoms with E-state index in [0.29, 0.717) is 56.5 Å². The van der Waals surface area contributed by atoms with Gasteiger partial charge in [-0.25, -0.2) is 0 Å². The Morgan fingerprint density at radius 2 is 1.50 bits per heavy atom. The normalized spacial score (nSPS) is 16.8. The number of hydrogen-bond acceptors (Lipinski definition) is 4. The van der Waals surface area contributed by atoms with Gasteiger partial charge in [-0.05, 0) is 37.5 Å². The fraction of sp³-hybridized carbons (Fsp3) is 0.600. The van der Waals surface area contributed by atoms with Gasteiger partial charge < -0.3 is 19.3 Å². The van der Waals surface area contributed by atoms with Crippen LogP contribution in [0.2, 0.25) is 0 Å². The molecule has 2 aliphatic rings. The summed E-state index contributed by atoms with van der Waals surface area (Å²) in [6.45, 7) is 9.39. The second-order valence-corrected chi connectivity index (χ2v) is 6.94. The molecule has 0 aliphatic carbocycles. The first-order valence-corrected chi connectivity index (χ1v) is 9.53. The van der Waals surface area contributed by atoms with Crippen LogP contribution in [0, 0.1) is 12.8 Å². The van der Waals surface area contributed by atoms with E-state index in [9.17, 15) is 9.59 Å². The Balaban J connectivity index is 1.66. The predicted molar refractivity (Wildman–Crippen MR) is 98.7 cm³/mol. The van der Waals surface area contributed by atoms with Gasteiger partial charge in [-0.3, -0.25) is 9.59 Å². The quantitative estimate of drug-likeness (QED) is 0.828. The van der Waals surface area contributed by atoms with Crippen LogP contribution in [0.5, 0.6) is 11.5 Å². The lowest BCUT2D eigenvalue weighted by atomic mass is 10.0. The summed E-state index contributed by atoms with van der Waals surface area (Å²) in [4.78, 5) is 29.2. The number of carbonyl (C=O) groups is 2. The van der Waals surface area contributed by atoms with Gasteiger partial charge in [0.25, 0.3) is 5.91 Å². The highest BCUT2D eigenvalue weighted by molar-refractivity contribution is 5.96. The van der Waals surface area contributed by atoms with Crippen molar-refractivity contribution in [3.63, 3.8) is 0 Å². The molecule has 0 atom stereocenters. The zero-order valence-electron chi connectivity index (χ0n) is 15.9. The molecule has 0 N–H and O–H groups in total. The maximum Gasteiger partial charge on any atom is 0.254 e. The van der Waals surface area contributed by atoms with E-state index in [-0.39, 0.29) is 17.7 Å². The van der Waals surface area contributed by atoms with Gasteiger partial charge in [0, 0.05) is 37.7 Å². The van der Waals surface area contributed by atoms with Gasteiger partial charge in [0.2, 0.25) is 5.91 Å². The number of rotatable bonds is 4. The van der Waals surface area contributed by atoms with Crippen molar-refractivity contribution in [3.05, 3.63) is 23.3 Å². The Morgan fingerprint density at radius 1 is 0.962 bits per heavy atom. The fourth-order valence-corrected chi connectivity index (χ4v) is 3.62. The molecule has 0 aromatic heterocycles. The Kier molecular flexibility index (Phi) is 5.69. The summed E-state index contributed by atoms with van der Waals surface area (Å²) in [5.41, 5.74) is 1.53. The number of amides is 2. The smallest absolute Gasteiger partial charge is 0.254 e. The Hall–Kier alpha value is -2.24. The van der Waals surface area contributed by atoms with Crippen LogP contribution in [0.15, 0.2) is 12.1 Å². The molecule has 0 unspecified atom stereocenters. The first kappa shape index (κ1) is 18.5. The summed E-state index contributed by atoms with van der Waals surface area (Å²) in [5, 5.41) is 0. The number of hydrogen-bond donors (Lipinski definition) is 0. The molecule has 0 spiro atoms. The van der Waals surface area contributed by atoms with E-state index in [1.54, 1.807) is 6.07 Å². The van der Waals surface area contributed by atoms with E-state index in [4.69, 9.17) is 9.47 Å². The molecule has 3 rings (SSSR count). The molecule has 6 nitrogen and oxygen atoms in total. The third kappa shape index (κ3) is 3.64. The van der Waals surface area contributed by atoms with Gasteiger partial charge in [-0.1, -0.05) is 13.8 Å². The minimum atomic E-state index is -0.00546. The summed E-state index contributed by atoms with van der Waals surface area (Å²) in [5.74, 6) is 1.64. The van der Waals surface area contributed by atoms with Crippen LogP contribution in [0.4, 0.5) is 0 Å². The van der Waals surface area contributed by atoms with E-state index in [2.05, 4.69) is 13.8 Å². The molecule has 142 valence electrons. The largest absolute Gasteiger partial charge is 0.486 e. The maximum atomic E-state index is 13.0. The lowest BCUT2D eigenvalue weighted by Gasteiger charge is -2.36. The Labute approximate surface area is 155 Å². The van der Waals surface area contributed by atoms with Crippen LogP contribution in [0.1, 0.15) is 42.6 Å². The molecule has 6 heteroatoms. The Morgan fingerprint density at radius 3 is 2.08 bits per heavy atom. The fourth-order valence-electron chi connectivity index (χ4n) is 3.62. The third-order valence-corrected chi connectivity index (χ3v) is 5.33. The zero-order valence-corrected chi connectivity index (χ0v) is 15.9. The zero-order chi connectivity index (χ0) is 18.7. The summed E-state index contributed by atoms with van der Waals surface area (Å²) in [6.07, 6.45) is 1.73. The van der Waals surface area contributed by atoms with Crippen LogP contribution in [0.3, 0.4) is 0 Å². The van der Waals surface area contributed by atoms with Crippen LogP contribution < -0.4 is 9.47 Å². The van der Waals surface area contributed by atoms with E-state index >= 15 is 0 Å². The van der Waals surface area contributed by atoms with Crippen molar-refractivity contribution >= 4 is 11.8 Å². The number of benzene rings is 1. The number of ether oxygens (including phenoxy) is 2. The highest BCUT2D eigenvalue weighted by Gasteiger charge is 2.29. The van der Waals surface area contributed by atoms with Crippen LogP contribution in [-0.2, 0) is 4.79 Å². The second-order valence-electron chi connectivity index (χ2n) is 6.94. The van der Waals surface area contributed by atoms with Crippen molar-refractivity contribution in [1.29, 1.82) is 0 Å². The number of nitrogens with zero attached hydrogens (tertiary/aromatic N) is 2. The minimum absolute atomic E-state index is 0.00546. The monoisotopic (exact) mass is 360 g/mol. The van der Waals surface area contributed by atoms with Crippen molar-refractivity contribution in [3.8, 4) is 11.5 Å². The lowest BCUT2D eigenvalue weighted by molar-refractivity contribution is -0.137. The molecule has 0 bridgehead atoms. The first-order chi connectivity index (χ1) is 12.5. The van der Waals surface area contributed by atoms with Gasteiger partial charge >= 0.3 is 0 Å². The lowest BCUT2D eigenvalue weighted by Crippen LogP contribution is -2.52. The molecule has 2 aliphatic heterocycles. The van der Waals surface area contributed by atoms with Crippen molar-refractivity contribution in [2.45, 2.75) is 33.6 Å². The SMILES string of the molecule is CCC(CC)C(=O)N1CCN(C(=O)c2cc3c(cc2C)OCCO3)CC1. The van der Waals surface area contributed by atoms with Crippen molar-refractivity contribution in [1.82, 2.24) is 9.80 Å². The molecule has 0 saturated carbocycles. The van der Waals surface area contributed by atoms with Crippen LogP contribution >= 0.6 is 0 Å². The first-order valence-electron chi connectivity index (χ1n) is 9.53. The molecular weight excluding hydrogens is 332 g/mol. The maximum absolute atomic E-state index is 13.0. The summed E-state index contributed by atoms with van der Waals surface area (Å²) >= 11 is 0. The highest BCUT2D eigenvalue weighted by atomic mass is 16.6. The highest BCUT2D eigenvalue weighted by Crippen LogP contribution is 2.33.